The molecule has 1 aromatic carbocycles. The average Bonchev–Trinajstić information content (AvgIpc) is 2.71. The van der Waals surface area contributed by atoms with E-state index in [-0.39, 0.29) is 5.97 Å². The number of hydrogen-bond donors (Lipinski definition) is 0. The van der Waals surface area contributed by atoms with Gasteiger partial charge < -0.3 is 9.47 Å². The van der Waals surface area contributed by atoms with Gasteiger partial charge in [-0.05, 0) is 30.7 Å². The Kier molecular flexibility index (Phi) is 14.0. The molecule has 0 saturated carbocycles. The van der Waals surface area contributed by atoms with Crippen molar-refractivity contribution in [2.75, 3.05) is 7.11 Å². The monoisotopic (exact) mass is 390 g/mol. The molecule has 0 heterocycles. The van der Waals surface area contributed by atoms with Crippen LogP contribution in [0.25, 0.3) is 0 Å². The van der Waals surface area contributed by atoms with Gasteiger partial charge in [-0.25, -0.2) is 4.79 Å². The Balaban J connectivity index is 1.96. The van der Waals surface area contributed by atoms with Crippen LogP contribution in [-0.4, -0.2) is 19.0 Å². The van der Waals surface area contributed by atoms with Crippen LogP contribution in [0.4, 0.5) is 0 Å². The van der Waals surface area contributed by atoms with E-state index in [1.54, 1.807) is 24.3 Å². The van der Waals surface area contributed by atoms with E-state index in [0.29, 0.717) is 17.7 Å². The summed E-state index contributed by atoms with van der Waals surface area (Å²) in [5.41, 5.74) is 0.443. The molecule has 0 atom stereocenters. The van der Waals surface area contributed by atoms with Crippen molar-refractivity contribution >= 4 is 11.9 Å². The van der Waals surface area contributed by atoms with Gasteiger partial charge in [0, 0.05) is 6.42 Å². The first-order valence-electron chi connectivity index (χ1n) is 11.1. The molecule has 0 aliphatic heterocycles. The van der Waals surface area contributed by atoms with Gasteiger partial charge in [0.25, 0.3) is 0 Å². The van der Waals surface area contributed by atoms with Crippen molar-refractivity contribution in [3.8, 4) is 5.75 Å². The van der Waals surface area contributed by atoms with Crippen LogP contribution in [0.3, 0.4) is 0 Å². The lowest BCUT2D eigenvalue weighted by Gasteiger charge is -2.05. The fraction of sp³-hybridized carbons (Fsp3) is 0.667. The number of benzene rings is 1. The molecular formula is C24H38O4. The van der Waals surface area contributed by atoms with Gasteiger partial charge in [-0.2, -0.15) is 0 Å². The summed E-state index contributed by atoms with van der Waals surface area (Å²) >= 11 is 0. The Morgan fingerprint density at radius 3 is 1.64 bits per heavy atom. The highest BCUT2D eigenvalue weighted by molar-refractivity contribution is 5.89. The molecule has 4 heteroatoms. The summed E-state index contributed by atoms with van der Waals surface area (Å²) in [6.07, 6.45) is 17.2. The standard InChI is InChI=1S/C24H38O4/c1-3-4-5-6-7-8-9-10-11-12-13-14-15-16-23(25)28-22-19-17-21(18-20-22)24(26)27-2/h17-20H,3-16H2,1-2H3. The zero-order valence-electron chi connectivity index (χ0n) is 17.8. The van der Waals surface area contributed by atoms with Crippen LogP contribution < -0.4 is 4.74 Å². The van der Waals surface area contributed by atoms with Gasteiger partial charge in [0.2, 0.25) is 0 Å². The van der Waals surface area contributed by atoms with Crippen LogP contribution in [0.15, 0.2) is 24.3 Å². The molecule has 0 amide bonds. The normalized spacial score (nSPS) is 10.6. The number of esters is 2. The Labute approximate surface area is 171 Å². The Bertz CT molecular complexity index is 536. The molecule has 0 saturated heterocycles. The predicted octanol–water partition coefficient (Wildman–Crippen LogP) is 6.86. The van der Waals surface area contributed by atoms with Gasteiger partial charge >= 0.3 is 11.9 Å². The van der Waals surface area contributed by atoms with Gasteiger partial charge in [-0.1, -0.05) is 84.0 Å². The second-order valence-corrected chi connectivity index (χ2v) is 7.48. The molecule has 0 spiro atoms. The molecule has 0 fully saturated rings. The van der Waals surface area contributed by atoms with E-state index in [2.05, 4.69) is 11.7 Å². The van der Waals surface area contributed by atoms with Crippen molar-refractivity contribution in [3.63, 3.8) is 0 Å². The average molecular weight is 391 g/mol. The zero-order chi connectivity index (χ0) is 20.5. The van der Waals surface area contributed by atoms with E-state index in [0.717, 1.165) is 12.8 Å². The molecule has 0 radical (unpaired) electrons. The first-order chi connectivity index (χ1) is 13.7. The van der Waals surface area contributed by atoms with Crippen molar-refractivity contribution in [1.82, 2.24) is 0 Å². The summed E-state index contributed by atoms with van der Waals surface area (Å²) < 4.78 is 9.94. The van der Waals surface area contributed by atoms with Gasteiger partial charge in [0.05, 0.1) is 12.7 Å². The second-order valence-electron chi connectivity index (χ2n) is 7.48. The highest BCUT2D eigenvalue weighted by Gasteiger charge is 2.08. The highest BCUT2D eigenvalue weighted by Crippen LogP contribution is 2.15. The third-order valence-corrected chi connectivity index (χ3v) is 4.99. The van der Waals surface area contributed by atoms with E-state index in [1.807, 2.05) is 0 Å². The number of hydrogen-bond acceptors (Lipinski definition) is 4. The summed E-state index contributed by atoms with van der Waals surface area (Å²) in [5, 5.41) is 0. The number of carbonyl (C=O) groups is 2. The molecule has 0 aromatic heterocycles. The smallest absolute Gasteiger partial charge is 0.337 e. The number of rotatable bonds is 16. The van der Waals surface area contributed by atoms with Gasteiger partial charge in [0.1, 0.15) is 5.75 Å². The van der Waals surface area contributed by atoms with E-state index < -0.39 is 5.97 Å². The number of unbranched alkanes of at least 4 members (excludes halogenated alkanes) is 12. The first-order valence-corrected chi connectivity index (χ1v) is 11.1. The molecule has 1 aromatic rings. The maximum Gasteiger partial charge on any atom is 0.337 e. The topological polar surface area (TPSA) is 52.6 Å². The van der Waals surface area contributed by atoms with Crippen LogP contribution in [0.1, 0.15) is 107 Å². The van der Waals surface area contributed by atoms with Crippen LogP contribution >= 0.6 is 0 Å². The lowest BCUT2D eigenvalue weighted by molar-refractivity contribution is -0.134. The minimum atomic E-state index is -0.398. The molecule has 4 nitrogen and oxygen atoms in total. The summed E-state index contributed by atoms with van der Waals surface area (Å²) in [7, 11) is 1.34. The van der Waals surface area contributed by atoms with Crippen LogP contribution in [0.5, 0.6) is 5.75 Å². The van der Waals surface area contributed by atoms with Crippen molar-refractivity contribution < 1.29 is 19.1 Å². The summed E-state index contributed by atoms with van der Waals surface area (Å²) in [6.45, 7) is 2.26. The Morgan fingerprint density at radius 1 is 0.714 bits per heavy atom. The highest BCUT2D eigenvalue weighted by atomic mass is 16.5. The SMILES string of the molecule is CCCCCCCCCCCCCCCC(=O)Oc1ccc(C(=O)OC)cc1. The van der Waals surface area contributed by atoms with Crippen molar-refractivity contribution in [2.24, 2.45) is 0 Å². The largest absolute Gasteiger partial charge is 0.465 e. The van der Waals surface area contributed by atoms with Crippen LogP contribution in [0, 0.1) is 0 Å². The maximum atomic E-state index is 11.9. The summed E-state index contributed by atoms with van der Waals surface area (Å²) in [4.78, 5) is 23.2. The van der Waals surface area contributed by atoms with E-state index in [4.69, 9.17) is 4.74 Å². The third kappa shape index (κ3) is 11.8. The van der Waals surface area contributed by atoms with E-state index in [1.165, 1.54) is 77.7 Å². The predicted molar refractivity (Wildman–Crippen MR) is 114 cm³/mol. The van der Waals surface area contributed by atoms with Gasteiger partial charge in [-0.3, -0.25) is 4.79 Å². The first kappa shape index (κ1) is 24.2. The molecule has 158 valence electrons. The van der Waals surface area contributed by atoms with Crippen molar-refractivity contribution in [1.29, 1.82) is 0 Å². The minimum Gasteiger partial charge on any atom is -0.465 e. The van der Waals surface area contributed by atoms with Crippen molar-refractivity contribution in [2.45, 2.75) is 96.8 Å². The molecule has 0 bridgehead atoms. The second kappa shape index (κ2) is 16.1. The van der Waals surface area contributed by atoms with Gasteiger partial charge in [0.15, 0.2) is 0 Å². The lowest BCUT2D eigenvalue weighted by atomic mass is 10.0. The molecule has 28 heavy (non-hydrogen) atoms. The molecule has 0 N–H and O–H groups in total. The number of ether oxygens (including phenoxy) is 2. The molecule has 0 aliphatic carbocycles. The lowest BCUT2D eigenvalue weighted by Crippen LogP contribution is -2.08. The number of carbonyl (C=O) groups excluding carboxylic acids is 2. The Morgan fingerprint density at radius 2 is 1.18 bits per heavy atom. The van der Waals surface area contributed by atoms with Crippen molar-refractivity contribution in [3.05, 3.63) is 29.8 Å². The minimum absolute atomic E-state index is 0.214. The van der Waals surface area contributed by atoms with Crippen LogP contribution in [0.2, 0.25) is 0 Å². The summed E-state index contributed by atoms with van der Waals surface area (Å²) in [6, 6.07) is 6.43. The molecule has 1 rings (SSSR count). The third-order valence-electron chi connectivity index (χ3n) is 4.99. The molecular weight excluding hydrogens is 352 g/mol. The van der Waals surface area contributed by atoms with E-state index in [9.17, 15) is 9.59 Å². The molecule has 0 unspecified atom stereocenters. The van der Waals surface area contributed by atoms with Crippen LogP contribution in [-0.2, 0) is 9.53 Å². The van der Waals surface area contributed by atoms with Gasteiger partial charge in [-0.15, -0.1) is 0 Å². The maximum absolute atomic E-state index is 11.9. The zero-order valence-corrected chi connectivity index (χ0v) is 17.8. The summed E-state index contributed by atoms with van der Waals surface area (Å²) in [5.74, 6) is -0.147. The number of methoxy groups -OCH3 is 1. The molecule has 0 aliphatic rings. The fourth-order valence-electron chi connectivity index (χ4n) is 3.25. The van der Waals surface area contributed by atoms with E-state index >= 15 is 0 Å². The fourth-order valence-corrected chi connectivity index (χ4v) is 3.25. The quantitative estimate of drug-likeness (QED) is 0.176. The Hall–Kier alpha value is -1.84.